The summed E-state index contributed by atoms with van der Waals surface area (Å²) in [6, 6.07) is 6.09. The fourth-order valence-electron chi connectivity index (χ4n) is 3.61. The average molecular weight is 381 g/mol. The first kappa shape index (κ1) is 19.3. The third-order valence-corrected chi connectivity index (χ3v) is 6.67. The van der Waals surface area contributed by atoms with Crippen LogP contribution < -0.4 is 10.0 Å². The Morgan fingerprint density at radius 2 is 1.73 bits per heavy atom. The fourth-order valence-corrected chi connectivity index (χ4v) is 4.67. The first-order valence-electron chi connectivity index (χ1n) is 9.54. The number of carbonyl (C=O) groups excluding carboxylic acids is 1. The zero-order valence-electron chi connectivity index (χ0n) is 15.1. The number of rotatable bonds is 7. The Labute approximate surface area is 155 Å². The van der Waals surface area contributed by atoms with Crippen LogP contribution in [0.5, 0.6) is 0 Å². The Bertz CT molecular complexity index is 691. The van der Waals surface area contributed by atoms with Crippen molar-refractivity contribution in [2.75, 3.05) is 19.7 Å². The van der Waals surface area contributed by atoms with E-state index < -0.39 is 10.0 Å². The third-order valence-electron chi connectivity index (χ3n) is 5.23. The third kappa shape index (κ3) is 5.28. The molecule has 1 aromatic rings. The highest BCUT2D eigenvalue weighted by Crippen LogP contribution is 2.23. The summed E-state index contributed by atoms with van der Waals surface area (Å²) >= 11 is 0. The number of hydrogen-bond donors (Lipinski definition) is 2. The van der Waals surface area contributed by atoms with Crippen molar-refractivity contribution in [1.82, 2.24) is 10.0 Å². The van der Waals surface area contributed by atoms with E-state index in [1.807, 2.05) is 0 Å². The number of amides is 1. The lowest BCUT2D eigenvalue weighted by atomic mass is 9.89. The predicted octanol–water partition coefficient (Wildman–Crippen LogP) is 2.45. The predicted molar refractivity (Wildman–Crippen MR) is 99.5 cm³/mol. The van der Waals surface area contributed by atoms with E-state index in [4.69, 9.17) is 4.74 Å². The van der Waals surface area contributed by atoms with Crippen molar-refractivity contribution in [2.45, 2.75) is 55.9 Å². The molecule has 0 bridgehead atoms. The highest BCUT2D eigenvalue weighted by Gasteiger charge is 2.21. The topological polar surface area (TPSA) is 84.5 Å². The molecule has 2 fully saturated rings. The Morgan fingerprint density at radius 3 is 2.38 bits per heavy atom. The minimum Gasteiger partial charge on any atom is -0.377 e. The van der Waals surface area contributed by atoms with Gasteiger partial charge in [0.15, 0.2) is 0 Å². The maximum atomic E-state index is 12.3. The van der Waals surface area contributed by atoms with Gasteiger partial charge in [0.1, 0.15) is 0 Å². The zero-order valence-corrected chi connectivity index (χ0v) is 15.9. The number of nitrogens with one attached hydrogen (secondary N) is 2. The smallest absolute Gasteiger partial charge is 0.251 e. The molecule has 1 heterocycles. The van der Waals surface area contributed by atoms with Gasteiger partial charge in [0.2, 0.25) is 10.0 Å². The molecule has 1 aliphatic heterocycles. The SMILES string of the molecule is O=C(NCC1CCCCC1)c1ccc(S(=O)(=O)NCC2CCCO2)cc1. The van der Waals surface area contributed by atoms with Crippen LogP contribution in [0.15, 0.2) is 29.2 Å². The summed E-state index contributed by atoms with van der Waals surface area (Å²) in [6.07, 6.45) is 7.93. The zero-order chi connectivity index (χ0) is 18.4. The van der Waals surface area contributed by atoms with Gasteiger partial charge in [-0.05, 0) is 55.9 Å². The second kappa shape index (κ2) is 8.97. The summed E-state index contributed by atoms with van der Waals surface area (Å²) < 4.78 is 32.7. The van der Waals surface area contributed by atoms with E-state index in [1.165, 1.54) is 44.2 Å². The number of carbonyl (C=O) groups is 1. The molecule has 0 aromatic heterocycles. The van der Waals surface area contributed by atoms with Gasteiger partial charge in [-0.3, -0.25) is 4.79 Å². The summed E-state index contributed by atoms with van der Waals surface area (Å²) in [6.45, 7) is 1.67. The van der Waals surface area contributed by atoms with Gasteiger partial charge in [-0.2, -0.15) is 0 Å². The van der Waals surface area contributed by atoms with E-state index in [0.717, 1.165) is 12.8 Å². The van der Waals surface area contributed by atoms with E-state index in [-0.39, 0.29) is 23.5 Å². The van der Waals surface area contributed by atoms with Crippen LogP contribution in [0.2, 0.25) is 0 Å². The Hall–Kier alpha value is -1.44. The van der Waals surface area contributed by atoms with Gasteiger partial charge in [0, 0.05) is 25.3 Å². The maximum absolute atomic E-state index is 12.3. The van der Waals surface area contributed by atoms with Gasteiger partial charge in [-0.25, -0.2) is 13.1 Å². The van der Waals surface area contributed by atoms with Crippen molar-refractivity contribution < 1.29 is 17.9 Å². The van der Waals surface area contributed by atoms with Crippen LogP contribution in [0.1, 0.15) is 55.3 Å². The van der Waals surface area contributed by atoms with Gasteiger partial charge in [0.25, 0.3) is 5.91 Å². The lowest BCUT2D eigenvalue weighted by molar-refractivity contribution is 0.0943. The van der Waals surface area contributed by atoms with Crippen LogP contribution in [0.3, 0.4) is 0 Å². The van der Waals surface area contributed by atoms with Crippen molar-refractivity contribution in [1.29, 1.82) is 0 Å². The van der Waals surface area contributed by atoms with Crippen molar-refractivity contribution in [2.24, 2.45) is 5.92 Å². The monoisotopic (exact) mass is 380 g/mol. The van der Waals surface area contributed by atoms with Crippen molar-refractivity contribution in [3.8, 4) is 0 Å². The lowest BCUT2D eigenvalue weighted by Crippen LogP contribution is -2.32. The molecule has 1 atom stereocenters. The molecule has 0 spiro atoms. The molecular weight excluding hydrogens is 352 g/mol. The average Bonchev–Trinajstić information content (AvgIpc) is 3.19. The molecule has 3 rings (SSSR count). The van der Waals surface area contributed by atoms with E-state index in [0.29, 0.717) is 24.6 Å². The Morgan fingerprint density at radius 1 is 1.00 bits per heavy atom. The molecule has 144 valence electrons. The molecule has 0 radical (unpaired) electrons. The minimum absolute atomic E-state index is 0.0467. The summed E-state index contributed by atoms with van der Waals surface area (Å²) in [7, 11) is -3.58. The molecule has 1 aromatic carbocycles. The van der Waals surface area contributed by atoms with Gasteiger partial charge >= 0.3 is 0 Å². The molecule has 1 amide bonds. The van der Waals surface area contributed by atoms with E-state index in [2.05, 4.69) is 10.0 Å². The van der Waals surface area contributed by atoms with E-state index in [9.17, 15) is 13.2 Å². The maximum Gasteiger partial charge on any atom is 0.251 e. The fraction of sp³-hybridized carbons (Fsp3) is 0.632. The van der Waals surface area contributed by atoms with Crippen LogP contribution in [0.4, 0.5) is 0 Å². The molecule has 2 N–H and O–H groups in total. The number of hydrogen-bond acceptors (Lipinski definition) is 4. The molecule has 1 saturated carbocycles. The van der Waals surface area contributed by atoms with Gasteiger partial charge < -0.3 is 10.1 Å². The number of sulfonamides is 1. The first-order chi connectivity index (χ1) is 12.5. The summed E-state index contributed by atoms with van der Waals surface area (Å²) in [5, 5.41) is 2.97. The second-order valence-electron chi connectivity index (χ2n) is 7.23. The van der Waals surface area contributed by atoms with E-state index in [1.54, 1.807) is 12.1 Å². The molecule has 7 heteroatoms. The highest BCUT2D eigenvalue weighted by atomic mass is 32.2. The van der Waals surface area contributed by atoms with Gasteiger partial charge in [-0.15, -0.1) is 0 Å². The van der Waals surface area contributed by atoms with E-state index >= 15 is 0 Å². The van der Waals surface area contributed by atoms with Crippen LogP contribution in [0.25, 0.3) is 0 Å². The van der Waals surface area contributed by atoms with Crippen molar-refractivity contribution in [3.05, 3.63) is 29.8 Å². The van der Waals surface area contributed by atoms with Crippen LogP contribution >= 0.6 is 0 Å². The molecule has 1 aliphatic carbocycles. The molecule has 26 heavy (non-hydrogen) atoms. The number of benzene rings is 1. The van der Waals surface area contributed by atoms with Crippen LogP contribution in [-0.2, 0) is 14.8 Å². The quantitative estimate of drug-likeness (QED) is 0.761. The lowest BCUT2D eigenvalue weighted by Gasteiger charge is -2.21. The van der Waals surface area contributed by atoms with Crippen LogP contribution in [0, 0.1) is 5.92 Å². The summed E-state index contributed by atoms with van der Waals surface area (Å²) in [4.78, 5) is 12.4. The summed E-state index contributed by atoms with van der Waals surface area (Å²) in [5.41, 5.74) is 0.485. The van der Waals surface area contributed by atoms with Gasteiger partial charge in [0.05, 0.1) is 11.0 Å². The van der Waals surface area contributed by atoms with Crippen molar-refractivity contribution in [3.63, 3.8) is 0 Å². The molecule has 6 nitrogen and oxygen atoms in total. The summed E-state index contributed by atoms with van der Waals surface area (Å²) in [5.74, 6) is 0.418. The first-order valence-corrected chi connectivity index (χ1v) is 11.0. The van der Waals surface area contributed by atoms with Crippen molar-refractivity contribution >= 4 is 15.9 Å². The standard InChI is InChI=1S/C19H28N2O4S/c22-19(20-13-15-5-2-1-3-6-15)16-8-10-18(11-9-16)26(23,24)21-14-17-7-4-12-25-17/h8-11,15,17,21H,1-7,12-14H2,(H,20,22). The van der Waals surface area contributed by atoms with Gasteiger partial charge in [-0.1, -0.05) is 19.3 Å². The molecular formula is C19H28N2O4S. The molecule has 1 unspecified atom stereocenters. The van der Waals surface area contributed by atoms with Crippen LogP contribution in [-0.4, -0.2) is 40.1 Å². The second-order valence-corrected chi connectivity index (χ2v) is 8.99. The Kier molecular flexibility index (Phi) is 6.67. The molecule has 2 aliphatic rings. The largest absolute Gasteiger partial charge is 0.377 e. The Balaban J connectivity index is 1.52. The normalized spacial score (nSPS) is 21.6. The molecule has 1 saturated heterocycles. The highest BCUT2D eigenvalue weighted by molar-refractivity contribution is 7.89. The minimum atomic E-state index is -3.58. The number of ether oxygens (including phenoxy) is 1.